The Labute approximate surface area is 154 Å². The number of esters is 1. The lowest BCUT2D eigenvalue weighted by molar-refractivity contribution is -0.121. The lowest BCUT2D eigenvalue weighted by Crippen LogP contribution is -2.34. The summed E-state index contributed by atoms with van der Waals surface area (Å²) in [7, 11) is 0. The highest BCUT2D eigenvalue weighted by Gasteiger charge is 2.44. The number of carbonyl (C=O) groups is 2. The molecule has 1 amide bonds. The summed E-state index contributed by atoms with van der Waals surface area (Å²) in [5, 5.41) is 3.07. The third kappa shape index (κ3) is 3.66. The molecule has 2 aromatic rings. The zero-order chi connectivity index (χ0) is 18.7. The molecular weight excluding hydrogens is 328 g/mol. The molecule has 5 heteroatoms. The minimum atomic E-state index is -0.340. The molecule has 0 radical (unpaired) electrons. The van der Waals surface area contributed by atoms with Crippen LogP contribution >= 0.6 is 0 Å². The molecule has 1 aliphatic carbocycles. The molecule has 1 aromatic carbocycles. The molecule has 26 heavy (non-hydrogen) atoms. The lowest BCUT2D eigenvalue weighted by Gasteiger charge is -2.17. The van der Waals surface area contributed by atoms with Crippen LogP contribution in [0.15, 0.2) is 36.4 Å². The maximum absolute atomic E-state index is 12.5. The zero-order valence-electron chi connectivity index (χ0n) is 15.7. The second-order valence-corrected chi connectivity index (χ2v) is 7.01. The average molecular weight is 354 g/mol. The topological polar surface area (TPSA) is 60.3 Å². The molecule has 138 valence electrons. The second-order valence-electron chi connectivity index (χ2n) is 7.01. The lowest BCUT2D eigenvalue weighted by atomic mass is 9.96. The van der Waals surface area contributed by atoms with Crippen molar-refractivity contribution >= 4 is 11.9 Å². The molecule has 1 aromatic heterocycles. The predicted molar refractivity (Wildman–Crippen MR) is 100 cm³/mol. The molecule has 5 nitrogen and oxygen atoms in total. The molecule has 0 saturated heterocycles. The van der Waals surface area contributed by atoms with Crippen molar-refractivity contribution in [2.45, 2.75) is 45.6 Å². The summed E-state index contributed by atoms with van der Waals surface area (Å²) < 4.78 is 6.94. The van der Waals surface area contributed by atoms with Crippen LogP contribution in [0.3, 0.4) is 0 Å². The van der Waals surface area contributed by atoms with Crippen LogP contribution in [0.25, 0.3) is 0 Å². The Morgan fingerprint density at radius 1 is 1.19 bits per heavy atom. The SMILES string of the molecule is CCOC(=O)c1cc(C)n(CC(=O)NCC2(c3ccccc3)CC2)c1C. The van der Waals surface area contributed by atoms with Crippen molar-refractivity contribution in [1.82, 2.24) is 9.88 Å². The summed E-state index contributed by atoms with van der Waals surface area (Å²) in [6.07, 6.45) is 2.21. The van der Waals surface area contributed by atoms with E-state index in [0.717, 1.165) is 24.2 Å². The summed E-state index contributed by atoms with van der Waals surface area (Å²) in [6, 6.07) is 12.1. The van der Waals surface area contributed by atoms with Crippen molar-refractivity contribution in [2.24, 2.45) is 0 Å². The van der Waals surface area contributed by atoms with E-state index >= 15 is 0 Å². The highest BCUT2D eigenvalue weighted by molar-refractivity contribution is 5.91. The van der Waals surface area contributed by atoms with Crippen LogP contribution in [0.4, 0.5) is 0 Å². The van der Waals surface area contributed by atoms with Crippen molar-refractivity contribution in [3.05, 3.63) is 58.9 Å². The maximum atomic E-state index is 12.5. The van der Waals surface area contributed by atoms with E-state index in [1.165, 1.54) is 5.56 Å². The number of nitrogens with zero attached hydrogens (tertiary/aromatic N) is 1. The normalized spacial score (nSPS) is 14.7. The first-order valence-electron chi connectivity index (χ1n) is 9.13. The molecule has 0 bridgehead atoms. The van der Waals surface area contributed by atoms with Crippen LogP contribution in [0.1, 0.15) is 47.1 Å². The van der Waals surface area contributed by atoms with Gasteiger partial charge in [-0.25, -0.2) is 4.79 Å². The largest absolute Gasteiger partial charge is 0.462 e. The van der Waals surface area contributed by atoms with Gasteiger partial charge in [0.25, 0.3) is 0 Å². The molecule has 3 rings (SSSR count). The number of rotatable bonds is 7. The van der Waals surface area contributed by atoms with Crippen LogP contribution in [-0.4, -0.2) is 29.6 Å². The molecule has 0 aliphatic heterocycles. The molecule has 0 spiro atoms. The highest BCUT2D eigenvalue weighted by Crippen LogP contribution is 2.47. The van der Waals surface area contributed by atoms with Gasteiger partial charge in [-0.15, -0.1) is 0 Å². The number of benzene rings is 1. The van der Waals surface area contributed by atoms with Gasteiger partial charge in [0, 0.05) is 23.3 Å². The summed E-state index contributed by atoms with van der Waals surface area (Å²) in [6.45, 7) is 6.73. The van der Waals surface area contributed by atoms with Gasteiger partial charge in [0.15, 0.2) is 0 Å². The van der Waals surface area contributed by atoms with Gasteiger partial charge in [-0.3, -0.25) is 4.79 Å². The fourth-order valence-corrected chi connectivity index (χ4v) is 3.44. The summed E-state index contributed by atoms with van der Waals surface area (Å²) >= 11 is 0. The number of hydrogen-bond acceptors (Lipinski definition) is 3. The van der Waals surface area contributed by atoms with E-state index in [2.05, 4.69) is 17.4 Å². The Morgan fingerprint density at radius 3 is 2.50 bits per heavy atom. The third-order valence-electron chi connectivity index (χ3n) is 5.23. The van der Waals surface area contributed by atoms with Gasteiger partial charge in [-0.1, -0.05) is 30.3 Å². The second kappa shape index (κ2) is 7.36. The number of ether oxygens (including phenoxy) is 1. The van der Waals surface area contributed by atoms with E-state index < -0.39 is 0 Å². The van der Waals surface area contributed by atoms with Crippen LogP contribution in [0, 0.1) is 13.8 Å². The Bertz CT molecular complexity index is 804. The summed E-state index contributed by atoms with van der Waals surface area (Å²) in [5.41, 5.74) is 3.55. The molecule has 0 atom stereocenters. The smallest absolute Gasteiger partial charge is 0.339 e. The van der Waals surface area contributed by atoms with E-state index in [0.29, 0.717) is 18.7 Å². The number of carbonyl (C=O) groups excluding carboxylic acids is 2. The van der Waals surface area contributed by atoms with Gasteiger partial charge in [0.2, 0.25) is 5.91 Å². The molecular formula is C21H26N2O3. The fourth-order valence-electron chi connectivity index (χ4n) is 3.44. The van der Waals surface area contributed by atoms with Gasteiger partial charge in [-0.2, -0.15) is 0 Å². The molecule has 1 N–H and O–H groups in total. The van der Waals surface area contributed by atoms with Gasteiger partial charge in [0.1, 0.15) is 6.54 Å². The number of aryl methyl sites for hydroxylation is 1. The monoisotopic (exact) mass is 354 g/mol. The number of aromatic nitrogens is 1. The minimum Gasteiger partial charge on any atom is -0.462 e. The van der Waals surface area contributed by atoms with Gasteiger partial charge < -0.3 is 14.6 Å². The molecule has 1 aliphatic rings. The minimum absolute atomic E-state index is 0.0376. The van der Waals surface area contributed by atoms with Crippen molar-refractivity contribution < 1.29 is 14.3 Å². The van der Waals surface area contributed by atoms with Crippen molar-refractivity contribution in [3.8, 4) is 0 Å². The number of nitrogens with one attached hydrogen (secondary N) is 1. The average Bonchev–Trinajstić information content (AvgIpc) is 3.38. The first-order valence-corrected chi connectivity index (χ1v) is 9.13. The number of amides is 1. The van der Waals surface area contributed by atoms with Crippen LogP contribution in [-0.2, 0) is 21.5 Å². The van der Waals surface area contributed by atoms with Crippen LogP contribution in [0.5, 0.6) is 0 Å². The first-order chi connectivity index (χ1) is 12.5. The quantitative estimate of drug-likeness (QED) is 0.777. The molecule has 1 saturated carbocycles. The molecule has 0 unspecified atom stereocenters. The fraction of sp³-hybridized carbons (Fsp3) is 0.429. The van der Waals surface area contributed by atoms with Crippen molar-refractivity contribution in [2.75, 3.05) is 13.2 Å². The van der Waals surface area contributed by atoms with E-state index in [4.69, 9.17) is 4.74 Å². The Kier molecular flexibility index (Phi) is 5.16. The molecule has 1 fully saturated rings. The zero-order valence-corrected chi connectivity index (χ0v) is 15.7. The van der Waals surface area contributed by atoms with Gasteiger partial charge >= 0.3 is 5.97 Å². The Hall–Kier alpha value is -2.56. The van der Waals surface area contributed by atoms with E-state index in [-0.39, 0.29) is 23.8 Å². The Morgan fingerprint density at radius 2 is 1.88 bits per heavy atom. The predicted octanol–water partition coefficient (Wildman–Crippen LogP) is 3.13. The van der Waals surface area contributed by atoms with Crippen molar-refractivity contribution in [3.63, 3.8) is 0 Å². The number of hydrogen-bond donors (Lipinski definition) is 1. The van der Waals surface area contributed by atoms with E-state index in [1.807, 2.05) is 36.6 Å². The Balaban J connectivity index is 1.63. The van der Waals surface area contributed by atoms with Crippen LogP contribution < -0.4 is 5.32 Å². The van der Waals surface area contributed by atoms with Gasteiger partial charge in [0.05, 0.1) is 12.2 Å². The molecule has 1 heterocycles. The standard InChI is InChI=1S/C21H26N2O3/c1-4-26-20(25)18-12-15(2)23(16(18)3)13-19(24)22-14-21(10-11-21)17-8-6-5-7-9-17/h5-9,12H,4,10-11,13-14H2,1-3H3,(H,22,24). The maximum Gasteiger partial charge on any atom is 0.339 e. The van der Waals surface area contributed by atoms with Crippen LogP contribution in [0.2, 0.25) is 0 Å². The third-order valence-corrected chi connectivity index (χ3v) is 5.23. The van der Waals surface area contributed by atoms with Crippen molar-refractivity contribution in [1.29, 1.82) is 0 Å². The first kappa shape index (κ1) is 18.2. The summed E-state index contributed by atoms with van der Waals surface area (Å²) in [5.74, 6) is -0.377. The highest BCUT2D eigenvalue weighted by atomic mass is 16.5. The van der Waals surface area contributed by atoms with E-state index in [1.54, 1.807) is 13.0 Å². The van der Waals surface area contributed by atoms with Gasteiger partial charge in [-0.05, 0) is 45.2 Å². The summed E-state index contributed by atoms with van der Waals surface area (Å²) in [4.78, 5) is 24.5. The van der Waals surface area contributed by atoms with E-state index in [9.17, 15) is 9.59 Å².